The van der Waals surface area contributed by atoms with Gasteiger partial charge in [-0.05, 0) is 30.7 Å². The lowest BCUT2D eigenvalue weighted by molar-refractivity contribution is 0.383. The summed E-state index contributed by atoms with van der Waals surface area (Å²) in [6.45, 7) is 3.75. The predicted octanol–water partition coefficient (Wildman–Crippen LogP) is 1.30. The lowest BCUT2D eigenvalue weighted by Crippen LogP contribution is -2.48. The summed E-state index contributed by atoms with van der Waals surface area (Å²) >= 11 is 0. The molecule has 4 rings (SSSR count). The number of piperazine rings is 1. The predicted molar refractivity (Wildman–Crippen MR) is 113 cm³/mol. The molecule has 1 N–H and O–H groups in total. The maximum absolute atomic E-state index is 12.7. The summed E-state index contributed by atoms with van der Waals surface area (Å²) in [5.74, 6) is 1.25. The highest BCUT2D eigenvalue weighted by atomic mass is 32.2. The average molecular weight is 427 g/mol. The smallest absolute Gasteiger partial charge is 0.251 e. The number of nitrogens with zero attached hydrogens (tertiary/aromatic N) is 5. The van der Waals surface area contributed by atoms with Gasteiger partial charge in [0.1, 0.15) is 16.5 Å². The van der Waals surface area contributed by atoms with E-state index in [-0.39, 0.29) is 10.5 Å². The minimum atomic E-state index is -3.54. The summed E-state index contributed by atoms with van der Waals surface area (Å²) < 4.78 is 26.9. The molecule has 0 aliphatic carbocycles. The Morgan fingerprint density at radius 1 is 1.10 bits per heavy atom. The van der Waals surface area contributed by atoms with E-state index in [1.165, 1.54) is 16.6 Å². The van der Waals surface area contributed by atoms with Crippen LogP contribution in [0.1, 0.15) is 12.6 Å². The van der Waals surface area contributed by atoms with Crippen LogP contribution in [0.5, 0.6) is 0 Å². The van der Waals surface area contributed by atoms with Gasteiger partial charge in [-0.3, -0.25) is 9.78 Å². The third kappa shape index (κ3) is 4.10. The summed E-state index contributed by atoms with van der Waals surface area (Å²) in [7, 11) is -3.54. The minimum absolute atomic E-state index is 0.188. The summed E-state index contributed by atoms with van der Waals surface area (Å²) in [4.78, 5) is 29.6. The van der Waals surface area contributed by atoms with Crippen LogP contribution in [0.3, 0.4) is 0 Å². The van der Waals surface area contributed by atoms with Crippen LogP contribution < -0.4 is 10.5 Å². The van der Waals surface area contributed by atoms with E-state index in [9.17, 15) is 13.2 Å². The van der Waals surface area contributed by atoms with Gasteiger partial charge in [0, 0.05) is 62.1 Å². The number of aromatic amines is 1. The molecule has 1 saturated heterocycles. The maximum Gasteiger partial charge on any atom is 0.251 e. The van der Waals surface area contributed by atoms with Crippen molar-refractivity contribution in [3.05, 3.63) is 65.0 Å². The average Bonchev–Trinajstić information content (AvgIpc) is 2.79. The summed E-state index contributed by atoms with van der Waals surface area (Å²) in [5.41, 5.74) is 1.26. The van der Waals surface area contributed by atoms with Crippen LogP contribution in [0.25, 0.3) is 11.4 Å². The fraction of sp³-hybridized carbons (Fsp3) is 0.300. The van der Waals surface area contributed by atoms with Crippen LogP contribution in [0.4, 0.5) is 5.82 Å². The molecule has 10 heteroatoms. The van der Waals surface area contributed by atoms with E-state index in [0.29, 0.717) is 38.4 Å². The topological polar surface area (TPSA) is 112 Å². The molecule has 0 radical (unpaired) electrons. The summed E-state index contributed by atoms with van der Waals surface area (Å²) in [6, 6.07) is 8.39. The first kappa shape index (κ1) is 20.2. The number of hydrogen-bond donors (Lipinski definition) is 1. The molecule has 0 atom stereocenters. The molecule has 30 heavy (non-hydrogen) atoms. The van der Waals surface area contributed by atoms with E-state index in [0.717, 1.165) is 17.1 Å². The standard InChI is InChI=1S/C20H22N6O3S/c1-2-16-12-19(27)24-20(23-16)15-5-6-18(22-13-15)25-8-10-26(11-9-25)30(28,29)17-4-3-7-21-14-17/h3-7,12-14H,2,8-11H2,1H3,(H,23,24,27). The number of sulfonamides is 1. The van der Waals surface area contributed by atoms with E-state index < -0.39 is 10.0 Å². The lowest BCUT2D eigenvalue weighted by Gasteiger charge is -2.34. The molecule has 1 fully saturated rings. The molecule has 156 valence electrons. The maximum atomic E-state index is 12.7. The van der Waals surface area contributed by atoms with Crippen LogP contribution in [-0.2, 0) is 16.4 Å². The van der Waals surface area contributed by atoms with Crippen LogP contribution >= 0.6 is 0 Å². The second-order valence-corrected chi connectivity index (χ2v) is 8.86. The number of H-pyrrole nitrogens is 1. The highest BCUT2D eigenvalue weighted by Gasteiger charge is 2.29. The Balaban J connectivity index is 1.46. The largest absolute Gasteiger partial charge is 0.354 e. The van der Waals surface area contributed by atoms with Gasteiger partial charge in [-0.25, -0.2) is 18.4 Å². The Morgan fingerprint density at radius 3 is 2.53 bits per heavy atom. The van der Waals surface area contributed by atoms with Crippen molar-refractivity contribution in [2.75, 3.05) is 31.1 Å². The van der Waals surface area contributed by atoms with Crippen molar-refractivity contribution < 1.29 is 8.42 Å². The molecule has 0 bridgehead atoms. The molecule has 0 amide bonds. The monoisotopic (exact) mass is 426 g/mol. The zero-order valence-corrected chi connectivity index (χ0v) is 17.3. The fourth-order valence-electron chi connectivity index (χ4n) is 3.35. The van der Waals surface area contributed by atoms with Gasteiger partial charge in [-0.1, -0.05) is 6.92 Å². The molecular weight excluding hydrogens is 404 g/mol. The van der Waals surface area contributed by atoms with Crippen molar-refractivity contribution >= 4 is 15.8 Å². The molecule has 0 saturated carbocycles. The third-order valence-corrected chi connectivity index (χ3v) is 6.90. The van der Waals surface area contributed by atoms with E-state index in [1.54, 1.807) is 24.5 Å². The number of anilines is 1. The van der Waals surface area contributed by atoms with Crippen LogP contribution in [0, 0.1) is 0 Å². The number of pyridine rings is 2. The van der Waals surface area contributed by atoms with Gasteiger partial charge in [-0.15, -0.1) is 0 Å². The highest BCUT2D eigenvalue weighted by Crippen LogP contribution is 2.21. The minimum Gasteiger partial charge on any atom is -0.354 e. The van der Waals surface area contributed by atoms with E-state index in [1.807, 2.05) is 24.0 Å². The Hall–Kier alpha value is -3.11. The Labute approximate surface area is 174 Å². The Bertz CT molecular complexity index is 1170. The number of hydrogen-bond acceptors (Lipinski definition) is 7. The molecule has 9 nitrogen and oxygen atoms in total. The van der Waals surface area contributed by atoms with Gasteiger partial charge in [-0.2, -0.15) is 4.31 Å². The van der Waals surface area contributed by atoms with Crippen LogP contribution in [0.2, 0.25) is 0 Å². The number of aromatic nitrogens is 4. The zero-order chi connectivity index (χ0) is 21.1. The fourth-order valence-corrected chi connectivity index (χ4v) is 4.73. The van der Waals surface area contributed by atoms with Gasteiger partial charge in [0.2, 0.25) is 10.0 Å². The van der Waals surface area contributed by atoms with E-state index in [4.69, 9.17) is 0 Å². The first-order valence-corrected chi connectivity index (χ1v) is 11.1. The molecule has 3 aromatic heterocycles. The van der Waals surface area contributed by atoms with Crippen molar-refractivity contribution in [1.29, 1.82) is 0 Å². The molecule has 1 aliphatic heterocycles. The van der Waals surface area contributed by atoms with Gasteiger partial charge >= 0.3 is 0 Å². The quantitative estimate of drug-likeness (QED) is 0.654. The van der Waals surface area contributed by atoms with Crippen molar-refractivity contribution in [3.8, 4) is 11.4 Å². The Kier molecular flexibility index (Phi) is 5.60. The first-order chi connectivity index (χ1) is 14.5. The van der Waals surface area contributed by atoms with Crippen molar-refractivity contribution in [2.45, 2.75) is 18.2 Å². The summed E-state index contributed by atoms with van der Waals surface area (Å²) in [5, 5.41) is 0. The molecule has 3 aromatic rings. The second-order valence-electron chi connectivity index (χ2n) is 6.92. The number of rotatable bonds is 5. The van der Waals surface area contributed by atoms with E-state index in [2.05, 4.69) is 19.9 Å². The van der Waals surface area contributed by atoms with Gasteiger partial charge in [0.15, 0.2) is 0 Å². The SMILES string of the molecule is CCc1cc(=O)[nH]c(-c2ccc(N3CCN(S(=O)(=O)c4cccnc4)CC3)nc2)n1. The van der Waals surface area contributed by atoms with Gasteiger partial charge in [0.25, 0.3) is 5.56 Å². The highest BCUT2D eigenvalue weighted by molar-refractivity contribution is 7.89. The molecule has 1 aliphatic rings. The second kappa shape index (κ2) is 8.33. The van der Waals surface area contributed by atoms with Crippen molar-refractivity contribution in [1.82, 2.24) is 24.2 Å². The van der Waals surface area contributed by atoms with Crippen LogP contribution in [-0.4, -0.2) is 58.8 Å². The van der Waals surface area contributed by atoms with Gasteiger partial charge < -0.3 is 9.88 Å². The Morgan fingerprint density at radius 2 is 1.90 bits per heavy atom. The third-order valence-electron chi connectivity index (χ3n) is 5.01. The molecule has 0 aromatic carbocycles. The van der Waals surface area contributed by atoms with Crippen molar-refractivity contribution in [2.24, 2.45) is 0 Å². The number of aryl methyl sites for hydroxylation is 1. The summed E-state index contributed by atoms with van der Waals surface area (Å²) in [6.07, 6.45) is 5.27. The molecule has 0 spiro atoms. The van der Waals surface area contributed by atoms with E-state index >= 15 is 0 Å². The molecule has 4 heterocycles. The van der Waals surface area contributed by atoms with Gasteiger partial charge in [0.05, 0.1) is 0 Å². The zero-order valence-electron chi connectivity index (χ0n) is 16.5. The lowest BCUT2D eigenvalue weighted by atomic mass is 10.2. The van der Waals surface area contributed by atoms with Crippen molar-refractivity contribution in [3.63, 3.8) is 0 Å². The number of nitrogens with one attached hydrogen (secondary N) is 1. The normalized spacial score (nSPS) is 15.3. The molecular formula is C20H22N6O3S. The van der Waals surface area contributed by atoms with Crippen LogP contribution in [0.15, 0.2) is 58.6 Å². The molecule has 0 unspecified atom stereocenters. The first-order valence-electron chi connectivity index (χ1n) is 9.69.